The maximum atomic E-state index is 11.9. The molecule has 0 bridgehead atoms. The molecule has 16 heavy (non-hydrogen) atoms. The Morgan fingerprint density at radius 2 is 2.06 bits per heavy atom. The van der Waals surface area contributed by atoms with E-state index in [0.717, 1.165) is 12.8 Å². The van der Waals surface area contributed by atoms with E-state index < -0.39 is 21.8 Å². The lowest BCUT2D eigenvalue weighted by Gasteiger charge is -2.26. The lowest BCUT2D eigenvalue weighted by molar-refractivity contribution is -0.139. The summed E-state index contributed by atoms with van der Waals surface area (Å²) < 4.78 is 23.7. The first-order valence-corrected chi connectivity index (χ1v) is 7.40. The zero-order valence-electron chi connectivity index (χ0n) is 9.05. The van der Waals surface area contributed by atoms with Gasteiger partial charge in [-0.1, -0.05) is 6.42 Å². The molecule has 5 nitrogen and oxygen atoms in total. The zero-order valence-corrected chi connectivity index (χ0v) is 9.87. The Labute approximate surface area is 95.1 Å². The van der Waals surface area contributed by atoms with Crippen molar-refractivity contribution >= 4 is 15.8 Å². The van der Waals surface area contributed by atoms with Gasteiger partial charge in [0.15, 0.2) is 9.84 Å². The molecular formula is C10H17NO4S. The minimum absolute atomic E-state index is 0.0219. The number of hydrogen-bond donors (Lipinski definition) is 2. The highest BCUT2D eigenvalue weighted by Gasteiger charge is 2.40. The number of hydrogen-bond acceptors (Lipinski definition) is 4. The largest absolute Gasteiger partial charge is 0.480 e. The number of carboxylic acids is 1. The average molecular weight is 247 g/mol. The molecule has 0 amide bonds. The summed E-state index contributed by atoms with van der Waals surface area (Å²) in [5.74, 6) is -0.631. The third-order valence-corrected chi connectivity index (χ3v) is 6.02. The van der Waals surface area contributed by atoms with Crippen molar-refractivity contribution in [1.29, 1.82) is 0 Å². The van der Waals surface area contributed by atoms with Crippen molar-refractivity contribution in [2.24, 2.45) is 5.92 Å². The number of nitrogens with one attached hydrogen (secondary N) is 1. The second-order valence-electron chi connectivity index (χ2n) is 4.70. The van der Waals surface area contributed by atoms with E-state index >= 15 is 0 Å². The van der Waals surface area contributed by atoms with Gasteiger partial charge >= 0.3 is 5.97 Å². The first-order chi connectivity index (χ1) is 7.50. The van der Waals surface area contributed by atoms with Crippen LogP contribution in [0.2, 0.25) is 0 Å². The minimum Gasteiger partial charge on any atom is -0.480 e. The smallest absolute Gasteiger partial charge is 0.320 e. The summed E-state index contributed by atoms with van der Waals surface area (Å²) in [5.41, 5.74) is 0. The Morgan fingerprint density at radius 3 is 2.62 bits per heavy atom. The van der Waals surface area contributed by atoms with Gasteiger partial charge in [-0.15, -0.1) is 0 Å². The second kappa shape index (κ2) is 4.33. The quantitative estimate of drug-likeness (QED) is 0.718. The highest BCUT2D eigenvalue weighted by Crippen LogP contribution is 2.30. The first kappa shape index (κ1) is 11.9. The van der Waals surface area contributed by atoms with Crippen LogP contribution in [0.5, 0.6) is 0 Å². The molecule has 3 unspecified atom stereocenters. The van der Waals surface area contributed by atoms with Gasteiger partial charge in [0.2, 0.25) is 0 Å². The summed E-state index contributed by atoms with van der Waals surface area (Å²) in [6.07, 6.45) is 2.83. The fourth-order valence-electron chi connectivity index (χ4n) is 2.74. The summed E-state index contributed by atoms with van der Waals surface area (Å²) in [5, 5.41) is 11.4. The summed E-state index contributed by atoms with van der Waals surface area (Å²) in [6, 6.07) is -0.567. The molecule has 2 aliphatic heterocycles. The molecule has 2 saturated heterocycles. The molecule has 2 rings (SSSR count). The van der Waals surface area contributed by atoms with Gasteiger partial charge < -0.3 is 10.4 Å². The highest BCUT2D eigenvalue weighted by molar-refractivity contribution is 7.92. The van der Waals surface area contributed by atoms with E-state index in [1.807, 2.05) is 0 Å². The van der Waals surface area contributed by atoms with Crippen LogP contribution < -0.4 is 5.32 Å². The van der Waals surface area contributed by atoms with Crippen LogP contribution >= 0.6 is 0 Å². The van der Waals surface area contributed by atoms with Gasteiger partial charge in [-0.2, -0.15) is 0 Å². The van der Waals surface area contributed by atoms with E-state index in [-0.39, 0.29) is 16.9 Å². The summed E-state index contributed by atoms with van der Waals surface area (Å²) in [6.45, 7) is 0.515. The predicted molar refractivity (Wildman–Crippen MR) is 59.0 cm³/mol. The Hall–Kier alpha value is -0.620. The molecule has 0 radical (unpaired) electrons. The Morgan fingerprint density at radius 1 is 1.31 bits per heavy atom. The van der Waals surface area contributed by atoms with Crippen LogP contribution in [-0.4, -0.2) is 43.1 Å². The number of sulfone groups is 1. The van der Waals surface area contributed by atoms with Crippen molar-refractivity contribution in [3.05, 3.63) is 0 Å². The molecule has 0 saturated carbocycles. The van der Waals surface area contributed by atoms with Crippen LogP contribution in [0.3, 0.4) is 0 Å². The highest BCUT2D eigenvalue weighted by atomic mass is 32.2. The van der Waals surface area contributed by atoms with E-state index in [0.29, 0.717) is 19.4 Å². The van der Waals surface area contributed by atoms with Crippen molar-refractivity contribution in [2.75, 3.05) is 12.3 Å². The van der Waals surface area contributed by atoms with Gasteiger partial charge in [-0.05, 0) is 25.2 Å². The van der Waals surface area contributed by atoms with Gasteiger partial charge in [0.25, 0.3) is 0 Å². The maximum absolute atomic E-state index is 11.9. The number of carbonyl (C=O) groups is 1. The molecule has 0 aliphatic carbocycles. The molecule has 2 aliphatic rings. The van der Waals surface area contributed by atoms with Gasteiger partial charge in [0.1, 0.15) is 6.04 Å². The molecule has 92 valence electrons. The molecule has 0 aromatic heterocycles. The third-order valence-electron chi connectivity index (χ3n) is 3.62. The topological polar surface area (TPSA) is 83.5 Å². The first-order valence-electron chi connectivity index (χ1n) is 5.68. The summed E-state index contributed by atoms with van der Waals surface area (Å²) in [4.78, 5) is 10.8. The van der Waals surface area contributed by atoms with E-state index in [4.69, 9.17) is 5.11 Å². The van der Waals surface area contributed by atoms with E-state index in [1.54, 1.807) is 0 Å². The third kappa shape index (κ3) is 2.22. The van der Waals surface area contributed by atoms with Gasteiger partial charge in [0, 0.05) is 6.54 Å². The lowest BCUT2D eigenvalue weighted by atomic mass is 9.97. The molecule has 0 aromatic rings. The molecule has 2 fully saturated rings. The normalized spacial score (nSPS) is 38.4. The molecule has 3 atom stereocenters. The van der Waals surface area contributed by atoms with Crippen LogP contribution in [0.25, 0.3) is 0 Å². The zero-order chi connectivity index (χ0) is 11.8. The fourth-order valence-corrected chi connectivity index (χ4v) is 4.97. The van der Waals surface area contributed by atoms with Crippen molar-refractivity contribution in [3.8, 4) is 0 Å². The molecule has 6 heteroatoms. The van der Waals surface area contributed by atoms with E-state index in [2.05, 4.69) is 5.32 Å². The van der Waals surface area contributed by atoms with Crippen LogP contribution in [0, 0.1) is 5.92 Å². The molecule has 0 aromatic carbocycles. The Bertz CT molecular complexity index is 378. The molecule has 2 heterocycles. The number of aliphatic carboxylic acids is 1. The second-order valence-corrected chi connectivity index (χ2v) is 7.04. The molecule has 0 spiro atoms. The van der Waals surface area contributed by atoms with Crippen molar-refractivity contribution in [2.45, 2.75) is 37.0 Å². The number of carboxylic acid groups (broad SMARTS) is 1. The predicted octanol–water partition coefficient (Wildman–Crippen LogP) is 0.0164. The molecular weight excluding hydrogens is 230 g/mol. The average Bonchev–Trinajstić information content (AvgIpc) is 2.65. The van der Waals surface area contributed by atoms with Crippen LogP contribution in [-0.2, 0) is 14.6 Å². The van der Waals surface area contributed by atoms with Crippen molar-refractivity contribution in [3.63, 3.8) is 0 Å². The Kier molecular flexibility index (Phi) is 3.21. The van der Waals surface area contributed by atoms with Crippen LogP contribution in [0.15, 0.2) is 0 Å². The number of rotatable bonds is 2. The monoisotopic (exact) mass is 247 g/mol. The van der Waals surface area contributed by atoms with E-state index in [9.17, 15) is 13.2 Å². The SMILES string of the molecule is O=C(O)C1CC(C2CCCCS2(=O)=O)CN1. The van der Waals surface area contributed by atoms with Crippen molar-refractivity contribution < 1.29 is 18.3 Å². The minimum atomic E-state index is -2.99. The van der Waals surface area contributed by atoms with Gasteiger partial charge in [0.05, 0.1) is 11.0 Å². The van der Waals surface area contributed by atoms with E-state index in [1.165, 1.54) is 0 Å². The van der Waals surface area contributed by atoms with Crippen LogP contribution in [0.1, 0.15) is 25.7 Å². The lowest BCUT2D eigenvalue weighted by Crippen LogP contribution is -2.36. The standard InChI is InChI=1S/C10H17NO4S/c12-10(13)8-5-7(6-11-8)9-3-1-2-4-16(9,14)15/h7-9,11H,1-6H2,(H,12,13). The van der Waals surface area contributed by atoms with Crippen LogP contribution in [0.4, 0.5) is 0 Å². The maximum Gasteiger partial charge on any atom is 0.320 e. The Balaban J connectivity index is 2.06. The van der Waals surface area contributed by atoms with Crippen molar-refractivity contribution in [1.82, 2.24) is 5.32 Å². The van der Waals surface area contributed by atoms with Gasteiger partial charge in [-0.25, -0.2) is 8.42 Å². The fraction of sp³-hybridized carbons (Fsp3) is 0.900. The molecule has 2 N–H and O–H groups in total. The summed E-state index contributed by atoms with van der Waals surface area (Å²) in [7, 11) is -2.99. The van der Waals surface area contributed by atoms with Gasteiger partial charge in [-0.3, -0.25) is 4.79 Å². The summed E-state index contributed by atoms with van der Waals surface area (Å²) >= 11 is 0.